The average molecular weight is 340 g/mol. The third-order valence-corrected chi connectivity index (χ3v) is 5.27. The van der Waals surface area contributed by atoms with E-state index in [9.17, 15) is 4.79 Å². The lowest BCUT2D eigenvalue weighted by atomic mass is 10.1. The second kappa shape index (κ2) is 8.78. The van der Waals surface area contributed by atoms with Crippen LogP contribution < -0.4 is 10.2 Å². The van der Waals surface area contributed by atoms with Crippen molar-refractivity contribution in [2.45, 2.75) is 30.7 Å². The lowest BCUT2D eigenvalue weighted by Crippen LogP contribution is -2.29. The van der Waals surface area contributed by atoms with Crippen LogP contribution in [0.25, 0.3) is 0 Å². The number of piperidine rings is 1. The molecule has 1 aliphatic rings. The SMILES string of the molecule is O=C(CSc1ccccc1)NCc1ccc(N2CCCCC2)cc1. The quantitative estimate of drug-likeness (QED) is 0.804. The maximum absolute atomic E-state index is 12.0. The lowest BCUT2D eigenvalue weighted by molar-refractivity contribution is -0.118. The number of hydrogen-bond donors (Lipinski definition) is 1. The van der Waals surface area contributed by atoms with Gasteiger partial charge < -0.3 is 10.2 Å². The number of thioether (sulfide) groups is 1. The van der Waals surface area contributed by atoms with Gasteiger partial charge in [-0.3, -0.25) is 4.79 Å². The molecule has 0 unspecified atom stereocenters. The number of nitrogens with one attached hydrogen (secondary N) is 1. The molecule has 24 heavy (non-hydrogen) atoms. The van der Waals surface area contributed by atoms with Gasteiger partial charge in [0.25, 0.3) is 0 Å². The number of carbonyl (C=O) groups is 1. The van der Waals surface area contributed by atoms with Gasteiger partial charge in [-0.25, -0.2) is 0 Å². The Hall–Kier alpha value is -1.94. The van der Waals surface area contributed by atoms with Crippen LogP contribution >= 0.6 is 11.8 Å². The molecular weight excluding hydrogens is 316 g/mol. The highest BCUT2D eigenvalue weighted by atomic mass is 32.2. The van der Waals surface area contributed by atoms with E-state index in [1.807, 2.05) is 30.3 Å². The molecule has 1 saturated heterocycles. The highest BCUT2D eigenvalue weighted by Gasteiger charge is 2.10. The van der Waals surface area contributed by atoms with Crippen molar-refractivity contribution in [3.8, 4) is 0 Å². The Balaban J connectivity index is 1.43. The summed E-state index contributed by atoms with van der Waals surface area (Å²) in [5.41, 5.74) is 2.44. The van der Waals surface area contributed by atoms with E-state index in [0.29, 0.717) is 12.3 Å². The van der Waals surface area contributed by atoms with Crippen molar-refractivity contribution in [2.24, 2.45) is 0 Å². The van der Waals surface area contributed by atoms with Gasteiger partial charge in [-0.2, -0.15) is 0 Å². The smallest absolute Gasteiger partial charge is 0.230 e. The van der Waals surface area contributed by atoms with Gasteiger partial charge in [0, 0.05) is 30.2 Å². The summed E-state index contributed by atoms with van der Waals surface area (Å²) in [6.07, 6.45) is 3.93. The summed E-state index contributed by atoms with van der Waals surface area (Å²) in [5.74, 6) is 0.527. The maximum Gasteiger partial charge on any atom is 0.230 e. The van der Waals surface area contributed by atoms with E-state index in [0.717, 1.165) is 23.5 Å². The molecule has 0 saturated carbocycles. The first-order chi connectivity index (χ1) is 11.8. The van der Waals surface area contributed by atoms with Crippen LogP contribution in [-0.2, 0) is 11.3 Å². The molecule has 0 aliphatic carbocycles. The van der Waals surface area contributed by atoms with E-state index in [4.69, 9.17) is 0 Å². The molecule has 3 rings (SSSR count). The normalized spacial score (nSPS) is 14.4. The van der Waals surface area contributed by atoms with E-state index in [2.05, 4.69) is 34.5 Å². The molecule has 2 aromatic carbocycles. The average Bonchev–Trinajstić information content (AvgIpc) is 2.67. The van der Waals surface area contributed by atoms with Crippen molar-refractivity contribution >= 4 is 23.4 Å². The topological polar surface area (TPSA) is 32.3 Å². The zero-order chi connectivity index (χ0) is 16.6. The van der Waals surface area contributed by atoms with Gasteiger partial charge >= 0.3 is 0 Å². The van der Waals surface area contributed by atoms with Crippen molar-refractivity contribution in [3.05, 3.63) is 60.2 Å². The van der Waals surface area contributed by atoms with E-state index in [-0.39, 0.29) is 5.91 Å². The lowest BCUT2D eigenvalue weighted by Gasteiger charge is -2.28. The third kappa shape index (κ3) is 5.03. The second-order valence-electron chi connectivity index (χ2n) is 6.09. The van der Waals surface area contributed by atoms with E-state index in [1.165, 1.54) is 24.9 Å². The number of rotatable bonds is 6. The molecule has 1 N–H and O–H groups in total. The summed E-state index contributed by atoms with van der Waals surface area (Å²) >= 11 is 1.57. The van der Waals surface area contributed by atoms with Gasteiger partial charge in [0.1, 0.15) is 0 Å². The highest BCUT2D eigenvalue weighted by molar-refractivity contribution is 8.00. The number of carbonyl (C=O) groups excluding carboxylic acids is 1. The molecule has 1 heterocycles. The Kier molecular flexibility index (Phi) is 6.19. The summed E-state index contributed by atoms with van der Waals surface area (Å²) in [4.78, 5) is 15.5. The summed E-state index contributed by atoms with van der Waals surface area (Å²) in [5, 5.41) is 2.99. The fourth-order valence-electron chi connectivity index (χ4n) is 2.89. The molecule has 0 aromatic heterocycles. The van der Waals surface area contributed by atoms with Crippen molar-refractivity contribution in [2.75, 3.05) is 23.7 Å². The van der Waals surface area contributed by atoms with Gasteiger partial charge in [-0.05, 0) is 49.1 Å². The zero-order valence-corrected chi connectivity index (χ0v) is 14.7. The molecule has 2 aromatic rings. The summed E-state index contributed by atoms with van der Waals surface area (Å²) in [6, 6.07) is 18.6. The first kappa shape index (κ1) is 16.9. The van der Waals surface area contributed by atoms with E-state index in [1.54, 1.807) is 11.8 Å². The first-order valence-corrected chi connectivity index (χ1v) is 9.58. The van der Waals surface area contributed by atoms with Crippen LogP contribution in [0.4, 0.5) is 5.69 Å². The predicted octanol–water partition coefficient (Wildman–Crippen LogP) is 4.09. The van der Waals surface area contributed by atoms with E-state index >= 15 is 0 Å². The minimum atomic E-state index is 0.0731. The molecule has 1 aliphatic heterocycles. The molecule has 0 spiro atoms. The van der Waals surface area contributed by atoms with Gasteiger partial charge in [0.2, 0.25) is 5.91 Å². The third-order valence-electron chi connectivity index (χ3n) is 4.26. The predicted molar refractivity (Wildman–Crippen MR) is 102 cm³/mol. The van der Waals surface area contributed by atoms with Gasteiger partial charge in [0.05, 0.1) is 5.75 Å². The van der Waals surface area contributed by atoms with Gasteiger partial charge in [0.15, 0.2) is 0 Å². The minimum absolute atomic E-state index is 0.0731. The summed E-state index contributed by atoms with van der Waals surface area (Å²) < 4.78 is 0. The number of benzene rings is 2. The van der Waals surface area contributed by atoms with Crippen LogP contribution in [0, 0.1) is 0 Å². The molecule has 126 valence electrons. The number of hydrogen-bond acceptors (Lipinski definition) is 3. The van der Waals surface area contributed by atoms with Crippen molar-refractivity contribution < 1.29 is 4.79 Å². The number of nitrogens with zero attached hydrogens (tertiary/aromatic N) is 1. The Morgan fingerprint density at radius 2 is 1.67 bits per heavy atom. The van der Waals surface area contributed by atoms with Crippen molar-refractivity contribution in [1.29, 1.82) is 0 Å². The Morgan fingerprint density at radius 3 is 2.38 bits per heavy atom. The summed E-state index contributed by atoms with van der Waals surface area (Å²) in [7, 11) is 0. The fourth-order valence-corrected chi connectivity index (χ4v) is 3.64. The molecule has 0 radical (unpaired) electrons. The number of anilines is 1. The highest BCUT2D eigenvalue weighted by Crippen LogP contribution is 2.20. The van der Waals surface area contributed by atoms with Crippen molar-refractivity contribution in [1.82, 2.24) is 5.32 Å². The van der Waals surface area contributed by atoms with Crippen LogP contribution in [0.15, 0.2) is 59.5 Å². The standard InChI is InChI=1S/C20H24N2OS/c23-20(16-24-19-7-3-1-4-8-19)21-15-17-9-11-18(12-10-17)22-13-5-2-6-14-22/h1,3-4,7-12H,2,5-6,13-16H2,(H,21,23). The van der Waals surface area contributed by atoms with E-state index < -0.39 is 0 Å². The molecule has 1 amide bonds. The Labute approximate surface area is 148 Å². The minimum Gasteiger partial charge on any atom is -0.372 e. The Morgan fingerprint density at radius 1 is 0.958 bits per heavy atom. The molecule has 0 bridgehead atoms. The monoisotopic (exact) mass is 340 g/mol. The van der Waals surface area contributed by atoms with Crippen LogP contribution in [0.1, 0.15) is 24.8 Å². The van der Waals surface area contributed by atoms with Crippen LogP contribution in [-0.4, -0.2) is 24.7 Å². The van der Waals surface area contributed by atoms with Crippen LogP contribution in [0.5, 0.6) is 0 Å². The van der Waals surface area contributed by atoms with Gasteiger partial charge in [-0.15, -0.1) is 11.8 Å². The second-order valence-corrected chi connectivity index (χ2v) is 7.14. The van der Waals surface area contributed by atoms with Crippen LogP contribution in [0.3, 0.4) is 0 Å². The molecule has 0 atom stereocenters. The van der Waals surface area contributed by atoms with Gasteiger partial charge in [-0.1, -0.05) is 30.3 Å². The molecule has 1 fully saturated rings. The van der Waals surface area contributed by atoms with Crippen molar-refractivity contribution in [3.63, 3.8) is 0 Å². The molecule has 3 nitrogen and oxygen atoms in total. The molecular formula is C20H24N2OS. The fraction of sp³-hybridized carbons (Fsp3) is 0.350. The summed E-state index contributed by atoms with van der Waals surface area (Å²) in [6.45, 7) is 2.91. The largest absolute Gasteiger partial charge is 0.372 e. The molecule has 4 heteroatoms. The van der Waals surface area contributed by atoms with Crippen LogP contribution in [0.2, 0.25) is 0 Å². The zero-order valence-electron chi connectivity index (χ0n) is 13.9. The number of amides is 1. The maximum atomic E-state index is 12.0. The first-order valence-electron chi connectivity index (χ1n) is 8.60. The Bertz CT molecular complexity index is 636.